The van der Waals surface area contributed by atoms with Crippen molar-refractivity contribution in [2.75, 3.05) is 37.0 Å². The number of nitrogens with one attached hydrogen (secondary N) is 1. The van der Waals surface area contributed by atoms with E-state index in [1.807, 2.05) is 0 Å². The Morgan fingerprint density at radius 3 is 2.56 bits per heavy atom. The minimum Gasteiger partial charge on any atom is -0.383 e. The van der Waals surface area contributed by atoms with Gasteiger partial charge in [-0.2, -0.15) is 0 Å². The smallest absolute Gasteiger partial charge is 0.267 e. The van der Waals surface area contributed by atoms with E-state index in [0.717, 1.165) is 11.8 Å². The molecule has 3 amide bonds. The van der Waals surface area contributed by atoms with Crippen LogP contribution in [0.4, 0.5) is 11.4 Å². The molecule has 2 aromatic carbocycles. The largest absolute Gasteiger partial charge is 0.383 e. The molecule has 2 aromatic rings. The third kappa shape index (κ3) is 4.16. The van der Waals surface area contributed by atoms with Crippen molar-refractivity contribution in [3.8, 4) is 0 Å². The van der Waals surface area contributed by atoms with Crippen LogP contribution in [0.15, 0.2) is 53.4 Å². The summed E-state index contributed by atoms with van der Waals surface area (Å²) in [5.74, 6) is -1.17. The van der Waals surface area contributed by atoms with Crippen LogP contribution in [0.1, 0.15) is 5.56 Å². The zero-order valence-electron chi connectivity index (χ0n) is 17.0. The monoisotopic (exact) mass is 487 g/mol. The first kappa shape index (κ1) is 22.5. The molecule has 2 aliphatic heterocycles. The lowest BCUT2D eigenvalue weighted by molar-refractivity contribution is -0.122. The van der Waals surface area contributed by atoms with Gasteiger partial charge in [-0.3, -0.25) is 24.2 Å². The number of halogens is 1. The SMILES string of the molecule is COCCN1C(=O)/C(=C2/C(=O)N(CC(=O)Nc3ccccc3Cl)c3ccccc32)SC1=S. The van der Waals surface area contributed by atoms with E-state index in [1.165, 1.54) is 9.80 Å². The highest BCUT2D eigenvalue weighted by Gasteiger charge is 2.42. The van der Waals surface area contributed by atoms with Gasteiger partial charge in [-0.05, 0) is 18.2 Å². The highest BCUT2D eigenvalue weighted by atomic mass is 35.5. The van der Waals surface area contributed by atoms with Gasteiger partial charge in [-0.25, -0.2) is 0 Å². The number of thioether (sulfide) groups is 1. The third-order valence-electron chi connectivity index (χ3n) is 4.97. The van der Waals surface area contributed by atoms with Gasteiger partial charge in [0.25, 0.3) is 11.8 Å². The molecule has 2 aliphatic rings. The fourth-order valence-electron chi connectivity index (χ4n) is 3.48. The van der Waals surface area contributed by atoms with Gasteiger partial charge < -0.3 is 10.1 Å². The van der Waals surface area contributed by atoms with Crippen LogP contribution in [0.5, 0.6) is 0 Å². The van der Waals surface area contributed by atoms with E-state index in [2.05, 4.69) is 5.32 Å². The summed E-state index contributed by atoms with van der Waals surface area (Å²) in [6, 6.07) is 13.9. The lowest BCUT2D eigenvalue weighted by atomic mass is 10.1. The second-order valence-corrected chi connectivity index (χ2v) is 9.01. The van der Waals surface area contributed by atoms with Crippen molar-refractivity contribution >= 4 is 74.6 Å². The van der Waals surface area contributed by atoms with Gasteiger partial charge in [0.2, 0.25) is 5.91 Å². The molecular weight excluding hydrogens is 470 g/mol. The molecule has 0 atom stereocenters. The molecular formula is C22H18ClN3O4S2. The van der Waals surface area contributed by atoms with Crippen molar-refractivity contribution < 1.29 is 19.1 Å². The molecule has 32 heavy (non-hydrogen) atoms. The maximum absolute atomic E-state index is 13.4. The van der Waals surface area contributed by atoms with E-state index in [9.17, 15) is 14.4 Å². The van der Waals surface area contributed by atoms with Crippen molar-refractivity contribution in [2.24, 2.45) is 0 Å². The molecule has 0 spiro atoms. The van der Waals surface area contributed by atoms with Crippen LogP contribution in [0.3, 0.4) is 0 Å². The van der Waals surface area contributed by atoms with E-state index in [4.69, 9.17) is 28.6 Å². The first-order valence-electron chi connectivity index (χ1n) is 9.65. The molecule has 1 N–H and O–H groups in total. The van der Waals surface area contributed by atoms with Gasteiger partial charge in [0.1, 0.15) is 10.9 Å². The number of rotatable bonds is 6. The minimum absolute atomic E-state index is 0.228. The minimum atomic E-state index is -0.423. The summed E-state index contributed by atoms with van der Waals surface area (Å²) in [5.41, 5.74) is 1.86. The zero-order valence-corrected chi connectivity index (χ0v) is 19.4. The number of benzene rings is 2. The summed E-state index contributed by atoms with van der Waals surface area (Å²) in [6.07, 6.45) is 0. The number of methoxy groups -OCH3 is 1. The molecule has 2 heterocycles. The average Bonchev–Trinajstić information content (AvgIpc) is 3.20. The van der Waals surface area contributed by atoms with Crippen LogP contribution in [-0.4, -0.2) is 53.7 Å². The molecule has 0 aliphatic carbocycles. The van der Waals surface area contributed by atoms with Gasteiger partial charge >= 0.3 is 0 Å². The first-order valence-corrected chi connectivity index (χ1v) is 11.2. The summed E-state index contributed by atoms with van der Waals surface area (Å²) < 4.78 is 5.42. The Kier molecular flexibility index (Phi) is 6.61. The van der Waals surface area contributed by atoms with Crippen molar-refractivity contribution in [3.63, 3.8) is 0 Å². The van der Waals surface area contributed by atoms with Crippen LogP contribution >= 0.6 is 35.6 Å². The topological polar surface area (TPSA) is 79.0 Å². The number of thiocarbonyl (C=S) groups is 1. The molecule has 0 aromatic heterocycles. The fraction of sp³-hybridized carbons (Fsp3) is 0.182. The van der Waals surface area contributed by atoms with Crippen LogP contribution in [-0.2, 0) is 19.1 Å². The van der Waals surface area contributed by atoms with E-state index in [-0.39, 0.29) is 22.9 Å². The third-order valence-corrected chi connectivity index (χ3v) is 6.75. The Morgan fingerprint density at radius 1 is 1.09 bits per heavy atom. The van der Waals surface area contributed by atoms with Crippen LogP contribution in [0.2, 0.25) is 5.02 Å². The van der Waals surface area contributed by atoms with E-state index < -0.39 is 11.8 Å². The number of amides is 3. The number of anilines is 2. The Morgan fingerprint density at radius 2 is 1.81 bits per heavy atom. The van der Waals surface area contributed by atoms with Crippen LogP contribution in [0.25, 0.3) is 5.57 Å². The van der Waals surface area contributed by atoms with Crippen molar-refractivity contribution in [1.29, 1.82) is 0 Å². The highest BCUT2D eigenvalue weighted by Crippen LogP contribution is 2.44. The van der Waals surface area contributed by atoms with Gasteiger partial charge in [-0.15, -0.1) is 0 Å². The summed E-state index contributed by atoms with van der Waals surface area (Å²) in [7, 11) is 1.54. The second-order valence-electron chi connectivity index (χ2n) is 6.96. The average molecular weight is 488 g/mol. The Labute approximate surface area is 199 Å². The number of hydrogen-bond donors (Lipinski definition) is 1. The lowest BCUT2D eigenvalue weighted by Gasteiger charge is -2.17. The van der Waals surface area contributed by atoms with E-state index in [0.29, 0.717) is 39.4 Å². The molecule has 1 saturated heterocycles. The molecule has 164 valence electrons. The summed E-state index contributed by atoms with van der Waals surface area (Å²) in [5, 5.41) is 3.12. The van der Waals surface area contributed by atoms with Gasteiger partial charge in [-0.1, -0.05) is 65.9 Å². The van der Waals surface area contributed by atoms with Gasteiger partial charge in [0.05, 0.1) is 40.0 Å². The highest BCUT2D eigenvalue weighted by molar-refractivity contribution is 8.26. The predicted octanol–water partition coefficient (Wildman–Crippen LogP) is 3.54. The first-order chi connectivity index (χ1) is 15.4. The number of para-hydroxylation sites is 2. The van der Waals surface area contributed by atoms with E-state index in [1.54, 1.807) is 55.6 Å². The molecule has 0 radical (unpaired) electrons. The second kappa shape index (κ2) is 9.41. The molecule has 0 saturated carbocycles. The molecule has 4 rings (SSSR count). The van der Waals surface area contributed by atoms with Crippen LogP contribution < -0.4 is 10.2 Å². The molecule has 7 nitrogen and oxygen atoms in total. The van der Waals surface area contributed by atoms with Crippen LogP contribution in [0, 0.1) is 0 Å². The number of carbonyl (C=O) groups is 3. The molecule has 10 heteroatoms. The number of ether oxygens (including phenoxy) is 1. The molecule has 1 fully saturated rings. The maximum atomic E-state index is 13.4. The van der Waals surface area contributed by atoms with Gasteiger partial charge in [0.15, 0.2) is 0 Å². The summed E-state index contributed by atoms with van der Waals surface area (Å²) in [4.78, 5) is 42.1. The van der Waals surface area contributed by atoms with Gasteiger partial charge in [0, 0.05) is 12.7 Å². The standard InChI is InChI=1S/C22H18ClN3O4S2/c1-30-11-10-25-21(29)19(32-22(25)31)18-13-6-2-5-9-16(13)26(20(18)28)12-17(27)24-15-8-4-3-7-14(15)23/h2-9H,10-12H2,1H3,(H,24,27)/b19-18-. The quantitative estimate of drug-likeness (QED) is 0.496. The summed E-state index contributed by atoms with van der Waals surface area (Å²) in [6.45, 7) is 0.403. The number of nitrogens with zero attached hydrogens (tertiary/aromatic N) is 2. The van der Waals surface area contributed by atoms with Crippen molar-refractivity contribution in [2.45, 2.75) is 0 Å². The van der Waals surface area contributed by atoms with Crippen molar-refractivity contribution in [3.05, 3.63) is 64.0 Å². The predicted molar refractivity (Wildman–Crippen MR) is 130 cm³/mol. The van der Waals surface area contributed by atoms with E-state index >= 15 is 0 Å². The number of carbonyl (C=O) groups excluding carboxylic acids is 3. The normalized spacial score (nSPS) is 17.9. The zero-order chi connectivity index (χ0) is 22.8. The lowest BCUT2D eigenvalue weighted by Crippen LogP contribution is -2.36. The Bertz CT molecular complexity index is 1170. The number of fused-ring (bicyclic) bond motifs is 1. The maximum Gasteiger partial charge on any atom is 0.267 e. The Hall–Kier alpha value is -2.72. The molecule has 0 bridgehead atoms. The van der Waals surface area contributed by atoms with Crippen molar-refractivity contribution in [1.82, 2.24) is 4.90 Å². The fourth-order valence-corrected chi connectivity index (χ4v) is 5.04. The Balaban J connectivity index is 1.64. The molecule has 0 unspecified atom stereocenters. The number of hydrogen-bond acceptors (Lipinski definition) is 6. The summed E-state index contributed by atoms with van der Waals surface area (Å²) >= 11 is 12.5.